The van der Waals surface area contributed by atoms with E-state index in [0.717, 1.165) is 12.1 Å². The minimum absolute atomic E-state index is 0.299. The number of amides is 1. The standard InChI is InChI=1S/C18H17ClF3NO2/c1-12(25-16-4-2-3-15(19)11-16)17(24)23-10-9-13-5-7-14(8-6-13)18(20,21)22/h2-8,11-12H,9-10H2,1H3,(H,23,24). The fraction of sp³-hybridized carbons (Fsp3) is 0.278. The van der Waals surface area contributed by atoms with Crippen LogP contribution in [0.2, 0.25) is 5.02 Å². The number of rotatable bonds is 6. The SMILES string of the molecule is CC(Oc1cccc(Cl)c1)C(=O)NCCc1ccc(C(F)(F)F)cc1. The molecule has 0 fully saturated rings. The number of hydrogen-bond acceptors (Lipinski definition) is 2. The molecule has 7 heteroatoms. The van der Waals surface area contributed by atoms with Crippen LogP contribution in [0.15, 0.2) is 48.5 Å². The molecule has 0 aromatic heterocycles. The number of benzene rings is 2. The van der Waals surface area contributed by atoms with Gasteiger partial charge in [-0.25, -0.2) is 0 Å². The second-order valence-corrected chi connectivity index (χ2v) is 5.89. The maximum atomic E-state index is 12.5. The largest absolute Gasteiger partial charge is 0.481 e. The minimum Gasteiger partial charge on any atom is -0.481 e. The zero-order valence-corrected chi connectivity index (χ0v) is 14.2. The highest BCUT2D eigenvalue weighted by Crippen LogP contribution is 2.29. The lowest BCUT2D eigenvalue weighted by atomic mass is 10.1. The Morgan fingerprint density at radius 3 is 2.48 bits per heavy atom. The van der Waals surface area contributed by atoms with Crippen molar-refractivity contribution < 1.29 is 22.7 Å². The van der Waals surface area contributed by atoms with E-state index in [0.29, 0.717) is 29.3 Å². The molecule has 1 amide bonds. The summed E-state index contributed by atoms with van der Waals surface area (Å²) in [7, 11) is 0. The van der Waals surface area contributed by atoms with Crippen molar-refractivity contribution in [3.63, 3.8) is 0 Å². The summed E-state index contributed by atoms with van der Waals surface area (Å²) in [6, 6.07) is 11.6. The summed E-state index contributed by atoms with van der Waals surface area (Å²) in [6.07, 6.45) is -4.64. The molecule has 2 aromatic carbocycles. The molecule has 1 atom stereocenters. The summed E-state index contributed by atoms with van der Waals surface area (Å²) in [5.41, 5.74) is 0.0144. The van der Waals surface area contributed by atoms with Crippen LogP contribution in [-0.2, 0) is 17.4 Å². The first-order valence-corrected chi connectivity index (χ1v) is 7.99. The van der Waals surface area contributed by atoms with Crippen molar-refractivity contribution in [2.45, 2.75) is 25.6 Å². The summed E-state index contributed by atoms with van der Waals surface area (Å²) >= 11 is 5.85. The van der Waals surface area contributed by atoms with Gasteiger partial charge in [0.2, 0.25) is 0 Å². The molecule has 25 heavy (non-hydrogen) atoms. The summed E-state index contributed by atoms with van der Waals surface area (Å²) < 4.78 is 43.0. The van der Waals surface area contributed by atoms with Crippen molar-refractivity contribution in [1.29, 1.82) is 0 Å². The maximum absolute atomic E-state index is 12.5. The van der Waals surface area contributed by atoms with E-state index in [1.54, 1.807) is 31.2 Å². The summed E-state index contributed by atoms with van der Waals surface area (Å²) in [6.45, 7) is 1.90. The Morgan fingerprint density at radius 2 is 1.88 bits per heavy atom. The van der Waals surface area contributed by atoms with E-state index in [1.165, 1.54) is 12.1 Å². The van der Waals surface area contributed by atoms with E-state index < -0.39 is 17.8 Å². The van der Waals surface area contributed by atoms with E-state index in [9.17, 15) is 18.0 Å². The van der Waals surface area contributed by atoms with Crippen LogP contribution in [0.4, 0.5) is 13.2 Å². The summed E-state index contributed by atoms with van der Waals surface area (Å²) in [4.78, 5) is 12.0. The van der Waals surface area contributed by atoms with Gasteiger partial charge in [0.15, 0.2) is 6.10 Å². The number of hydrogen-bond donors (Lipinski definition) is 1. The van der Waals surface area contributed by atoms with Crippen LogP contribution in [0.1, 0.15) is 18.1 Å². The van der Waals surface area contributed by atoms with Crippen molar-refractivity contribution in [1.82, 2.24) is 5.32 Å². The van der Waals surface area contributed by atoms with Gasteiger partial charge in [0.1, 0.15) is 5.75 Å². The molecule has 0 aliphatic heterocycles. The van der Waals surface area contributed by atoms with Gasteiger partial charge in [-0.1, -0.05) is 29.8 Å². The Kier molecular flexibility index (Phi) is 6.31. The van der Waals surface area contributed by atoms with Crippen LogP contribution in [0.5, 0.6) is 5.75 Å². The highest BCUT2D eigenvalue weighted by Gasteiger charge is 2.29. The molecule has 1 N–H and O–H groups in total. The van der Waals surface area contributed by atoms with Crippen LogP contribution in [0.3, 0.4) is 0 Å². The van der Waals surface area contributed by atoms with Gasteiger partial charge in [-0.15, -0.1) is 0 Å². The summed E-state index contributed by atoms with van der Waals surface area (Å²) in [5.74, 6) is 0.171. The Labute approximate surface area is 148 Å². The van der Waals surface area contributed by atoms with Gasteiger partial charge in [0.25, 0.3) is 5.91 Å². The number of halogens is 4. The first kappa shape index (κ1) is 19.1. The van der Waals surface area contributed by atoms with Crippen molar-refractivity contribution in [3.8, 4) is 5.75 Å². The van der Waals surface area contributed by atoms with E-state index >= 15 is 0 Å². The quantitative estimate of drug-likeness (QED) is 0.812. The van der Waals surface area contributed by atoms with Crippen molar-refractivity contribution >= 4 is 17.5 Å². The first-order valence-electron chi connectivity index (χ1n) is 7.62. The fourth-order valence-electron chi connectivity index (χ4n) is 2.13. The van der Waals surface area contributed by atoms with Gasteiger partial charge in [0, 0.05) is 11.6 Å². The summed E-state index contributed by atoms with van der Waals surface area (Å²) in [5, 5.41) is 3.20. The topological polar surface area (TPSA) is 38.3 Å². The van der Waals surface area contributed by atoms with E-state index in [4.69, 9.17) is 16.3 Å². The Balaban J connectivity index is 1.79. The highest BCUT2D eigenvalue weighted by molar-refractivity contribution is 6.30. The van der Waals surface area contributed by atoms with E-state index in [-0.39, 0.29) is 5.91 Å². The molecule has 2 rings (SSSR count). The maximum Gasteiger partial charge on any atom is 0.416 e. The monoisotopic (exact) mass is 371 g/mol. The van der Waals surface area contributed by atoms with Crippen molar-refractivity contribution in [3.05, 3.63) is 64.7 Å². The van der Waals surface area contributed by atoms with Gasteiger partial charge >= 0.3 is 6.18 Å². The molecule has 134 valence electrons. The fourth-order valence-corrected chi connectivity index (χ4v) is 2.31. The molecule has 2 aromatic rings. The smallest absolute Gasteiger partial charge is 0.416 e. The van der Waals surface area contributed by atoms with Crippen LogP contribution in [0, 0.1) is 0 Å². The lowest BCUT2D eigenvalue weighted by Gasteiger charge is -2.15. The van der Waals surface area contributed by atoms with Crippen molar-refractivity contribution in [2.75, 3.05) is 6.54 Å². The molecule has 3 nitrogen and oxygen atoms in total. The number of carbonyl (C=O) groups is 1. The van der Waals surface area contributed by atoms with E-state index in [1.807, 2.05) is 0 Å². The Morgan fingerprint density at radius 1 is 1.20 bits per heavy atom. The number of carbonyl (C=O) groups excluding carboxylic acids is 1. The Hall–Kier alpha value is -2.21. The second kappa shape index (κ2) is 8.25. The number of ether oxygens (including phenoxy) is 1. The van der Waals surface area contributed by atoms with Crippen LogP contribution < -0.4 is 10.1 Å². The van der Waals surface area contributed by atoms with Gasteiger partial charge in [-0.05, 0) is 49.2 Å². The number of nitrogens with one attached hydrogen (secondary N) is 1. The predicted octanol–water partition coefficient (Wildman–Crippen LogP) is 4.49. The van der Waals surface area contributed by atoms with Gasteiger partial charge < -0.3 is 10.1 Å². The molecule has 0 aliphatic rings. The molecule has 1 unspecified atom stereocenters. The first-order chi connectivity index (χ1) is 11.8. The molecule has 0 saturated heterocycles. The second-order valence-electron chi connectivity index (χ2n) is 5.45. The van der Waals surface area contributed by atoms with Crippen LogP contribution >= 0.6 is 11.6 Å². The molecule has 0 aliphatic carbocycles. The predicted molar refractivity (Wildman–Crippen MR) is 89.7 cm³/mol. The molecule has 0 spiro atoms. The van der Waals surface area contributed by atoms with Crippen LogP contribution in [0.25, 0.3) is 0 Å². The van der Waals surface area contributed by atoms with Gasteiger partial charge in [0.05, 0.1) is 5.56 Å². The Bertz CT molecular complexity index is 717. The lowest BCUT2D eigenvalue weighted by Crippen LogP contribution is -2.37. The van der Waals surface area contributed by atoms with E-state index in [2.05, 4.69) is 5.32 Å². The third-order valence-electron chi connectivity index (χ3n) is 3.47. The van der Waals surface area contributed by atoms with Gasteiger partial charge in [-0.3, -0.25) is 4.79 Å². The molecule has 0 bridgehead atoms. The molecular formula is C18H17ClF3NO2. The molecule has 0 radical (unpaired) electrons. The van der Waals surface area contributed by atoms with Crippen molar-refractivity contribution in [2.24, 2.45) is 0 Å². The number of alkyl halides is 3. The third kappa shape index (κ3) is 5.98. The molecule has 0 saturated carbocycles. The third-order valence-corrected chi connectivity index (χ3v) is 3.71. The normalized spacial score (nSPS) is 12.5. The van der Waals surface area contributed by atoms with Gasteiger partial charge in [-0.2, -0.15) is 13.2 Å². The molecular weight excluding hydrogens is 355 g/mol. The zero-order chi connectivity index (χ0) is 18.4. The average Bonchev–Trinajstić information content (AvgIpc) is 2.54. The van der Waals surface area contributed by atoms with Crippen LogP contribution in [-0.4, -0.2) is 18.6 Å². The zero-order valence-electron chi connectivity index (χ0n) is 13.4. The lowest BCUT2D eigenvalue weighted by molar-refractivity contribution is -0.137. The molecule has 0 heterocycles. The average molecular weight is 372 g/mol. The highest BCUT2D eigenvalue weighted by atomic mass is 35.5. The minimum atomic E-state index is -4.35.